The maximum atomic E-state index is 13.4. The molecular formula is C18H15F3N2O4S. The molecule has 2 saturated heterocycles. The van der Waals surface area contributed by atoms with Crippen LogP contribution in [0.5, 0.6) is 5.75 Å². The van der Waals surface area contributed by atoms with Crippen molar-refractivity contribution in [2.45, 2.75) is 35.4 Å². The zero-order valence-corrected chi connectivity index (χ0v) is 15.4. The predicted molar refractivity (Wildman–Crippen MR) is 92.9 cm³/mol. The van der Waals surface area contributed by atoms with Gasteiger partial charge in [0, 0.05) is 17.2 Å². The van der Waals surface area contributed by atoms with Crippen LogP contribution in [0.25, 0.3) is 11.3 Å². The van der Waals surface area contributed by atoms with Gasteiger partial charge in [-0.25, -0.2) is 9.97 Å². The molecule has 2 aliphatic rings. The van der Waals surface area contributed by atoms with Crippen LogP contribution in [-0.2, 0) is 20.4 Å². The van der Waals surface area contributed by atoms with Crippen LogP contribution in [-0.4, -0.2) is 47.1 Å². The second-order valence-electron chi connectivity index (χ2n) is 6.31. The molecule has 2 aromatic rings. The summed E-state index contributed by atoms with van der Waals surface area (Å²) >= 11 is 1.00. The fourth-order valence-corrected chi connectivity index (χ4v) is 4.11. The van der Waals surface area contributed by atoms with Crippen molar-refractivity contribution in [2.75, 3.05) is 13.7 Å². The fourth-order valence-electron chi connectivity index (χ4n) is 2.99. The zero-order chi connectivity index (χ0) is 19.9. The van der Waals surface area contributed by atoms with Crippen molar-refractivity contribution in [2.24, 2.45) is 0 Å². The van der Waals surface area contributed by atoms with E-state index in [1.54, 1.807) is 24.3 Å². The number of hydrogen-bond acceptors (Lipinski definition) is 7. The molecule has 0 amide bonds. The number of rotatable bonds is 4. The minimum Gasteiger partial charge on any atom is -0.497 e. The van der Waals surface area contributed by atoms with Crippen molar-refractivity contribution in [3.05, 3.63) is 36.0 Å². The predicted octanol–water partition coefficient (Wildman–Crippen LogP) is 3.35. The second-order valence-corrected chi connectivity index (χ2v) is 7.52. The molecule has 3 heterocycles. The number of benzene rings is 1. The van der Waals surface area contributed by atoms with Crippen LogP contribution in [0.1, 0.15) is 12.1 Å². The monoisotopic (exact) mass is 412 g/mol. The summed E-state index contributed by atoms with van der Waals surface area (Å²) in [5, 5.41) is -0.467. The van der Waals surface area contributed by atoms with Gasteiger partial charge in [-0.05, 0) is 30.3 Å². The Hall–Kier alpha value is -2.17. The van der Waals surface area contributed by atoms with Gasteiger partial charge in [-0.3, -0.25) is 4.79 Å². The lowest BCUT2D eigenvalue weighted by Gasteiger charge is -2.25. The van der Waals surface area contributed by atoms with Gasteiger partial charge in [0.15, 0.2) is 10.9 Å². The summed E-state index contributed by atoms with van der Waals surface area (Å²) in [6.07, 6.45) is -5.73. The van der Waals surface area contributed by atoms with Crippen molar-refractivity contribution in [3.63, 3.8) is 0 Å². The minimum atomic E-state index is -4.63. The summed E-state index contributed by atoms with van der Waals surface area (Å²) in [5.41, 5.74) is -0.411. The average Bonchev–Trinajstić information content (AvgIpc) is 3.11. The maximum absolute atomic E-state index is 13.4. The number of ketones is 1. The fraction of sp³-hybridized carbons (Fsp3) is 0.389. The van der Waals surface area contributed by atoms with Crippen LogP contribution in [0, 0.1) is 0 Å². The first-order chi connectivity index (χ1) is 13.3. The van der Waals surface area contributed by atoms with Gasteiger partial charge in [0.25, 0.3) is 0 Å². The van der Waals surface area contributed by atoms with Crippen molar-refractivity contribution in [1.29, 1.82) is 0 Å². The van der Waals surface area contributed by atoms with Gasteiger partial charge in [0.05, 0.1) is 25.5 Å². The van der Waals surface area contributed by atoms with E-state index >= 15 is 0 Å². The van der Waals surface area contributed by atoms with Gasteiger partial charge in [0.1, 0.15) is 11.4 Å². The molecule has 0 radical (unpaired) electrons. The Bertz CT molecular complexity index is 891. The molecule has 0 N–H and O–H groups in total. The van der Waals surface area contributed by atoms with Crippen molar-refractivity contribution < 1.29 is 32.2 Å². The highest BCUT2D eigenvalue weighted by Gasteiger charge is 2.44. The summed E-state index contributed by atoms with van der Waals surface area (Å²) < 4.78 is 55.8. The second kappa shape index (κ2) is 7.34. The van der Waals surface area contributed by atoms with E-state index < -0.39 is 23.4 Å². The van der Waals surface area contributed by atoms with Gasteiger partial charge in [0.2, 0.25) is 6.29 Å². The van der Waals surface area contributed by atoms with E-state index in [0.29, 0.717) is 11.3 Å². The molecule has 0 spiro atoms. The quantitative estimate of drug-likeness (QED) is 0.714. The van der Waals surface area contributed by atoms with Crippen molar-refractivity contribution in [1.82, 2.24) is 9.97 Å². The van der Waals surface area contributed by atoms with Gasteiger partial charge in [-0.15, -0.1) is 0 Å². The van der Waals surface area contributed by atoms with Gasteiger partial charge in [-0.1, -0.05) is 11.8 Å². The number of carbonyl (C=O) groups excluding carboxylic acids is 1. The first kappa shape index (κ1) is 19.2. The molecule has 1 aromatic carbocycles. The lowest BCUT2D eigenvalue weighted by Crippen LogP contribution is -2.37. The third-order valence-electron chi connectivity index (χ3n) is 4.43. The van der Waals surface area contributed by atoms with E-state index in [9.17, 15) is 18.0 Å². The minimum absolute atomic E-state index is 0.0626. The summed E-state index contributed by atoms with van der Waals surface area (Å²) in [6.45, 7) is 0.221. The van der Waals surface area contributed by atoms with Crippen LogP contribution in [0.15, 0.2) is 35.5 Å². The molecule has 0 saturated carbocycles. The molecule has 0 unspecified atom stereocenters. The molecule has 2 bridgehead atoms. The number of carbonyl (C=O) groups is 1. The van der Waals surface area contributed by atoms with Crippen LogP contribution in [0.4, 0.5) is 13.2 Å². The number of aromatic nitrogens is 2. The van der Waals surface area contributed by atoms with Gasteiger partial charge in [-0.2, -0.15) is 13.2 Å². The molecule has 2 fully saturated rings. The van der Waals surface area contributed by atoms with Gasteiger partial charge >= 0.3 is 6.18 Å². The molecule has 4 rings (SSSR count). The number of thioether (sulfide) groups is 1. The Morgan fingerprint density at radius 1 is 1.21 bits per heavy atom. The van der Waals surface area contributed by atoms with E-state index in [1.165, 1.54) is 7.11 Å². The van der Waals surface area contributed by atoms with Crippen LogP contribution < -0.4 is 4.74 Å². The summed E-state index contributed by atoms with van der Waals surface area (Å²) in [4.78, 5) is 19.9. The molecular weight excluding hydrogens is 397 g/mol. The smallest absolute Gasteiger partial charge is 0.433 e. The lowest BCUT2D eigenvalue weighted by molar-refractivity contribution is -0.151. The SMILES string of the molecule is COc1ccc(-c2cc(C(F)(F)F)nc(S[C@@H]3CC(=O)[C@@H]4OC[C@H]3O4)n2)cc1. The first-order valence-corrected chi connectivity index (χ1v) is 9.28. The average molecular weight is 412 g/mol. The number of hydrogen-bond donors (Lipinski definition) is 0. The standard InChI is InChI=1S/C18H15F3N2O4S/c1-25-10-4-2-9(3-5-10)11-6-15(18(19,20)21)23-17(22-11)28-14-7-12(24)16-26-8-13(14)27-16/h2-6,13-14,16H,7-8H2,1H3/t13-,14-,16-/m1/s1. The van der Waals surface area contributed by atoms with Crippen molar-refractivity contribution in [3.8, 4) is 17.0 Å². The van der Waals surface area contributed by atoms with E-state index in [1.807, 2.05) is 0 Å². The summed E-state index contributed by atoms with van der Waals surface area (Å²) in [5.74, 6) is 0.353. The van der Waals surface area contributed by atoms with Crippen LogP contribution >= 0.6 is 11.8 Å². The van der Waals surface area contributed by atoms with Crippen LogP contribution in [0.3, 0.4) is 0 Å². The number of methoxy groups -OCH3 is 1. The Kier molecular flexibility index (Phi) is 5.02. The number of nitrogens with zero attached hydrogens (tertiary/aromatic N) is 2. The molecule has 0 aliphatic carbocycles. The van der Waals surface area contributed by atoms with Crippen LogP contribution in [0.2, 0.25) is 0 Å². The molecule has 6 nitrogen and oxygen atoms in total. The molecule has 28 heavy (non-hydrogen) atoms. The normalized spacial score (nSPS) is 24.4. The van der Waals surface area contributed by atoms with Crippen molar-refractivity contribution >= 4 is 17.5 Å². The zero-order valence-electron chi connectivity index (χ0n) is 14.6. The number of ether oxygens (including phenoxy) is 3. The largest absolute Gasteiger partial charge is 0.497 e. The third kappa shape index (κ3) is 3.85. The summed E-state index contributed by atoms with van der Waals surface area (Å²) in [7, 11) is 1.50. The summed E-state index contributed by atoms with van der Waals surface area (Å²) in [6, 6.07) is 7.43. The third-order valence-corrected chi connectivity index (χ3v) is 5.60. The Morgan fingerprint density at radius 3 is 2.64 bits per heavy atom. The molecule has 10 heteroatoms. The number of alkyl halides is 3. The highest BCUT2D eigenvalue weighted by molar-refractivity contribution is 7.99. The Balaban J connectivity index is 1.67. The highest BCUT2D eigenvalue weighted by atomic mass is 32.2. The lowest BCUT2D eigenvalue weighted by atomic mass is 10.1. The molecule has 1 aromatic heterocycles. The van der Waals surface area contributed by atoms with E-state index in [0.717, 1.165) is 17.8 Å². The Morgan fingerprint density at radius 2 is 1.96 bits per heavy atom. The number of halogens is 3. The molecule has 2 aliphatic heterocycles. The Labute approximate surface area is 162 Å². The first-order valence-electron chi connectivity index (χ1n) is 8.40. The van der Waals surface area contributed by atoms with E-state index in [4.69, 9.17) is 14.2 Å². The topological polar surface area (TPSA) is 70.5 Å². The van der Waals surface area contributed by atoms with E-state index in [2.05, 4.69) is 9.97 Å². The molecule has 148 valence electrons. The van der Waals surface area contributed by atoms with Gasteiger partial charge < -0.3 is 14.2 Å². The van der Waals surface area contributed by atoms with E-state index in [-0.39, 0.29) is 35.8 Å². The molecule has 3 atom stereocenters. The maximum Gasteiger partial charge on any atom is 0.433 e. The number of fused-ring (bicyclic) bond motifs is 2. The number of Topliss-reactive ketones (excluding diaryl/α,β-unsaturated/α-hetero) is 1. The highest BCUT2D eigenvalue weighted by Crippen LogP contribution is 2.38.